The van der Waals surface area contributed by atoms with Gasteiger partial charge in [0.15, 0.2) is 5.82 Å². The van der Waals surface area contributed by atoms with Crippen molar-refractivity contribution in [2.45, 2.75) is 17.6 Å². The lowest BCUT2D eigenvalue weighted by atomic mass is 10.1. The van der Waals surface area contributed by atoms with Gasteiger partial charge in [0.1, 0.15) is 0 Å². The van der Waals surface area contributed by atoms with Gasteiger partial charge in [-0.1, -0.05) is 23.9 Å². The van der Waals surface area contributed by atoms with Crippen molar-refractivity contribution in [1.29, 1.82) is 0 Å². The molecule has 1 amide bonds. The van der Waals surface area contributed by atoms with E-state index >= 15 is 0 Å². The molecule has 0 aliphatic rings. The number of aromatic nitrogens is 2. The summed E-state index contributed by atoms with van der Waals surface area (Å²) in [5, 5.41) is 12.6. The minimum absolute atomic E-state index is 0.301. The van der Waals surface area contributed by atoms with Crippen LogP contribution in [0.4, 0.5) is 26.0 Å². The van der Waals surface area contributed by atoms with Gasteiger partial charge in [0.05, 0.1) is 11.3 Å². The Kier molecular flexibility index (Phi) is 5.52. The van der Waals surface area contributed by atoms with E-state index in [4.69, 9.17) is 0 Å². The molecule has 0 spiro atoms. The maximum absolute atomic E-state index is 12.5. The van der Waals surface area contributed by atoms with Crippen LogP contribution in [0.2, 0.25) is 0 Å². The number of alkyl halides is 2. The molecule has 0 radical (unpaired) electrons. The number of aryl methyl sites for hydroxylation is 1. The summed E-state index contributed by atoms with van der Waals surface area (Å²) in [5.74, 6) is -2.32. The zero-order valence-corrected chi connectivity index (χ0v) is 14.6. The molecule has 0 atom stereocenters. The molecule has 8 heteroatoms. The van der Waals surface area contributed by atoms with Gasteiger partial charge in [0.25, 0.3) is 11.7 Å². The Morgan fingerprint density at radius 2 is 1.88 bits per heavy atom. The highest BCUT2D eigenvalue weighted by Gasteiger charge is 2.13. The molecular formula is C18H16F2N4OS. The van der Waals surface area contributed by atoms with Gasteiger partial charge < -0.3 is 10.6 Å². The Bertz CT molecular complexity index is 896. The van der Waals surface area contributed by atoms with E-state index in [2.05, 4.69) is 20.8 Å². The van der Waals surface area contributed by atoms with Crippen LogP contribution in [0.3, 0.4) is 0 Å². The van der Waals surface area contributed by atoms with Gasteiger partial charge in [0.2, 0.25) is 0 Å². The average molecular weight is 374 g/mol. The molecule has 3 aromatic rings. The van der Waals surface area contributed by atoms with Gasteiger partial charge in [0, 0.05) is 22.3 Å². The molecular weight excluding hydrogens is 358 g/mol. The summed E-state index contributed by atoms with van der Waals surface area (Å²) in [4.78, 5) is 13.0. The van der Waals surface area contributed by atoms with Crippen molar-refractivity contribution >= 4 is 34.9 Å². The summed E-state index contributed by atoms with van der Waals surface area (Å²) in [5.41, 5.74) is 2.58. The Morgan fingerprint density at radius 1 is 1.15 bits per heavy atom. The highest BCUT2D eigenvalue weighted by Crippen LogP contribution is 2.28. The third-order valence-corrected chi connectivity index (χ3v) is 4.20. The Morgan fingerprint density at radius 3 is 2.54 bits per heavy atom. The Hall–Kier alpha value is -2.87. The number of para-hydroxylation sites is 1. The predicted octanol–water partition coefficient (Wildman–Crippen LogP) is 5.03. The van der Waals surface area contributed by atoms with E-state index in [1.165, 1.54) is 0 Å². The van der Waals surface area contributed by atoms with E-state index < -0.39 is 5.76 Å². The molecule has 5 nitrogen and oxygen atoms in total. The molecule has 26 heavy (non-hydrogen) atoms. The number of hydrogen-bond acceptors (Lipinski definition) is 4. The molecule has 0 saturated heterocycles. The normalized spacial score (nSPS) is 10.8. The van der Waals surface area contributed by atoms with Gasteiger partial charge in [-0.15, -0.1) is 0 Å². The third kappa shape index (κ3) is 4.60. The third-order valence-electron chi connectivity index (χ3n) is 3.48. The number of rotatable bonds is 6. The number of amides is 1. The second-order valence-electron chi connectivity index (χ2n) is 5.46. The number of anilines is 3. The molecule has 0 aliphatic heterocycles. The number of aromatic amines is 1. The van der Waals surface area contributed by atoms with Crippen LogP contribution in [-0.4, -0.2) is 21.9 Å². The highest BCUT2D eigenvalue weighted by atomic mass is 32.2. The molecule has 1 aromatic heterocycles. The first kappa shape index (κ1) is 17.9. The predicted molar refractivity (Wildman–Crippen MR) is 99.3 cm³/mol. The Labute approximate surface area is 153 Å². The van der Waals surface area contributed by atoms with Crippen LogP contribution in [0.15, 0.2) is 59.5 Å². The number of thioether (sulfide) groups is 1. The molecule has 0 unspecified atom stereocenters. The van der Waals surface area contributed by atoms with Crippen molar-refractivity contribution in [3.05, 3.63) is 65.9 Å². The number of nitrogens with zero attached hydrogens (tertiary/aromatic N) is 1. The van der Waals surface area contributed by atoms with Crippen molar-refractivity contribution < 1.29 is 13.6 Å². The van der Waals surface area contributed by atoms with Gasteiger partial charge in [-0.3, -0.25) is 9.89 Å². The van der Waals surface area contributed by atoms with Crippen LogP contribution in [-0.2, 0) is 0 Å². The monoisotopic (exact) mass is 374 g/mol. The minimum atomic E-state index is -2.45. The van der Waals surface area contributed by atoms with Crippen LogP contribution in [0.25, 0.3) is 0 Å². The summed E-state index contributed by atoms with van der Waals surface area (Å²) >= 11 is 0.490. The van der Waals surface area contributed by atoms with Crippen LogP contribution < -0.4 is 10.6 Å². The van der Waals surface area contributed by atoms with E-state index in [0.717, 1.165) is 5.69 Å². The summed E-state index contributed by atoms with van der Waals surface area (Å²) < 4.78 is 24.8. The first-order valence-corrected chi connectivity index (χ1v) is 8.63. The average Bonchev–Trinajstić information content (AvgIpc) is 3.01. The summed E-state index contributed by atoms with van der Waals surface area (Å²) in [6.45, 7) is 1.84. The molecule has 0 saturated carbocycles. The molecule has 3 N–H and O–H groups in total. The molecule has 0 fully saturated rings. The first-order chi connectivity index (χ1) is 12.5. The molecule has 2 aromatic carbocycles. The smallest absolute Gasteiger partial charge is 0.288 e. The van der Waals surface area contributed by atoms with E-state index in [0.29, 0.717) is 39.4 Å². The highest BCUT2D eigenvalue weighted by molar-refractivity contribution is 7.99. The molecule has 1 heterocycles. The van der Waals surface area contributed by atoms with Crippen LogP contribution >= 0.6 is 11.8 Å². The van der Waals surface area contributed by atoms with Crippen molar-refractivity contribution in [3.63, 3.8) is 0 Å². The van der Waals surface area contributed by atoms with Crippen molar-refractivity contribution in [2.24, 2.45) is 0 Å². The summed E-state index contributed by atoms with van der Waals surface area (Å²) in [6.07, 6.45) is 0. The maximum Gasteiger partial charge on any atom is 0.288 e. The standard InChI is InChI=1S/C18H16F2N4OS/c1-11-10-16(24-23-11)22-17(25)14-4-2-3-5-15(14)21-12-6-8-13(9-7-12)26-18(19)20/h2-10,18,21H,1H3,(H2,22,23,24,25). The van der Waals surface area contributed by atoms with E-state index in [-0.39, 0.29) is 5.91 Å². The zero-order valence-electron chi connectivity index (χ0n) is 13.8. The van der Waals surface area contributed by atoms with Crippen LogP contribution in [0.1, 0.15) is 16.1 Å². The second-order valence-corrected chi connectivity index (χ2v) is 6.53. The van der Waals surface area contributed by atoms with Crippen LogP contribution in [0, 0.1) is 6.92 Å². The quantitative estimate of drug-likeness (QED) is 0.529. The number of hydrogen-bond donors (Lipinski definition) is 3. The van der Waals surface area contributed by atoms with Crippen molar-refractivity contribution in [3.8, 4) is 0 Å². The number of H-pyrrole nitrogens is 1. The lowest BCUT2D eigenvalue weighted by Gasteiger charge is -2.12. The number of carbonyl (C=O) groups excluding carboxylic acids is 1. The topological polar surface area (TPSA) is 69.8 Å². The summed E-state index contributed by atoms with van der Waals surface area (Å²) in [7, 11) is 0. The lowest BCUT2D eigenvalue weighted by Crippen LogP contribution is -2.14. The fourth-order valence-electron chi connectivity index (χ4n) is 2.33. The number of halogens is 2. The Balaban J connectivity index is 1.75. The van der Waals surface area contributed by atoms with Gasteiger partial charge in [-0.2, -0.15) is 13.9 Å². The van der Waals surface area contributed by atoms with Crippen LogP contribution in [0.5, 0.6) is 0 Å². The van der Waals surface area contributed by atoms with E-state index in [1.807, 2.05) is 6.92 Å². The summed E-state index contributed by atoms with van der Waals surface area (Å²) in [6, 6.07) is 15.4. The molecule has 3 rings (SSSR count). The molecule has 134 valence electrons. The fraction of sp³-hybridized carbons (Fsp3) is 0.111. The number of nitrogens with one attached hydrogen (secondary N) is 3. The van der Waals surface area contributed by atoms with Gasteiger partial charge in [-0.05, 0) is 43.3 Å². The fourth-order valence-corrected chi connectivity index (χ4v) is 2.83. The van der Waals surface area contributed by atoms with E-state index in [1.54, 1.807) is 54.6 Å². The lowest BCUT2D eigenvalue weighted by molar-refractivity contribution is 0.102. The van der Waals surface area contributed by atoms with Crippen molar-refractivity contribution in [2.75, 3.05) is 10.6 Å². The first-order valence-electron chi connectivity index (χ1n) is 7.75. The largest absolute Gasteiger partial charge is 0.355 e. The SMILES string of the molecule is Cc1cc(NC(=O)c2ccccc2Nc2ccc(SC(F)F)cc2)n[nH]1. The zero-order chi connectivity index (χ0) is 18.5. The second kappa shape index (κ2) is 8.01. The molecule has 0 bridgehead atoms. The minimum Gasteiger partial charge on any atom is -0.355 e. The number of benzene rings is 2. The maximum atomic E-state index is 12.5. The molecule has 0 aliphatic carbocycles. The van der Waals surface area contributed by atoms with Gasteiger partial charge in [-0.25, -0.2) is 0 Å². The number of carbonyl (C=O) groups is 1. The van der Waals surface area contributed by atoms with E-state index in [9.17, 15) is 13.6 Å². The van der Waals surface area contributed by atoms with Crippen molar-refractivity contribution in [1.82, 2.24) is 10.2 Å². The van der Waals surface area contributed by atoms with Gasteiger partial charge >= 0.3 is 0 Å².